The third-order valence-corrected chi connectivity index (χ3v) is 13.4. The monoisotopic (exact) mass is 1080 g/mol. The molecule has 0 aliphatic heterocycles. The van der Waals surface area contributed by atoms with Gasteiger partial charge in [-0.25, -0.2) is 0 Å². The molecule has 0 aromatic carbocycles. The van der Waals surface area contributed by atoms with Crippen LogP contribution in [0.4, 0.5) is 0 Å². The third kappa shape index (κ3) is 59.6. The molecule has 77 heavy (non-hydrogen) atoms. The Morgan fingerprint density at radius 3 is 1.21 bits per heavy atom. The molecule has 0 saturated carbocycles. The van der Waals surface area contributed by atoms with E-state index in [0.29, 0.717) is 17.4 Å². The van der Waals surface area contributed by atoms with Crippen LogP contribution in [0.15, 0.2) is 158 Å². The summed E-state index contributed by atoms with van der Waals surface area (Å²) in [6.07, 6.45) is 89.1. The van der Waals surface area contributed by atoms with Crippen molar-refractivity contribution in [2.45, 2.75) is 225 Å². The summed E-state index contributed by atoms with van der Waals surface area (Å²) in [6.45, 7) is 4.45. The number of allylic oxidation sites excluding steroid dienone is 25. The quantitative estimate of drug-likeness (QED) is 0.0272. The van der Waals surface area contributed by atoms with Crippen molar-refractivity contribution in [2.24, 2.45) is 0 Å². The highest BCUT2D eigenvalue weighted by Gasteiger charge is 2.23. The Hall–Kier alpha value is -3.88. The second-order valence-electron chi connectivity index (χ2n) is 20.9. The highest BCUT2D eigenvalue weighted by atomic mass is 31.2. The Morgan fingerprint density at radius 1 is 0.468 bits per heavy atom. The van der Waals surface area contributed by atoms with Gasteiger partial charge in [0.05, 0.1) is 39.9 Å². The van der Waals surface area contributed by atoms with Crippen molar-refractivity contribution in [2.75, 3.05) is 40.9 Å². The maximum atomic E-state index is 13.0. The number of phosphoric acid groups is 1. The van der Waals surface area contributed by atoms with Gasteiger partial charge in [-0.3, -0.25) is 9.36 Å². The van der Waals surface area contributed by atoms with Crippen LogP contribution in [0.1, 0.15) is 213 Å². The molecule has 0 bridgehead atoms. The van der Waals surface area contributed by atoms with Gasteiger partial charge in [0.2, 0.25) is 5.91 Å². The average molecular weight is 1090 g/mol. The summed E-state index contributed by atoms with van der Waals surface area (Å²) >= 11 is 0. The van der Waals surface area contributed by atoms with Crippen molar-refractivity contribution in [3.8, 4) is 0 Å². The van der Waals surface area contributed by atoms with Crippen LogP contribution in [0.25, 0.3) is 0 Å². The van der Waals surface area contributed by atoms with E-state index in [-0.39, 0.29) is 12.5 Å². The Balaban J connectivity index is 4.13. The van der Waals surface area contributed by atoms with Gasteiger partial charge in [-0.05, 0) is 122 Å². The van der Waals surface area contributed by atoms with Gasteiger partial charge in [0, 0.05) is 6.42 Å². The number of hydrogen-bond donors (Lipinski definition) is 2. The van der Waals surface area contributed by atoms with Crippen molar-refractivity contribution in [3.05, 3.63) is 158 Å². The number of unbranched alkanes of at least 4 members (excludes halogenated alkanes) is 16. The molecule has 436 valence electrons. The first kappa shape index (κ1) is 73.1. The summed E-state index contributed by atoms with van der Waals surface area (Å²) < 4.78 is 23.3. The largest absolute Gasteiger partial charge is 0.756 e. The maximum Gasteiger partial charge on any atom is 0.268 e. The van der Waals surface area contributed by atoms with Crippen LogP contribution < -0.4 is 10.2 Å². The molecule has 1 amide bonds. The Kier molecular flexibility index (Phi) is 54.0. The van der Waals surface area contributed by atoms with E-state index in [4.69, 9.17) is 9.05 Å². The fraction of sp³-hybridized carbons (Fsp3) is 0.603. The minimum Gasteiger partial charge on any atom is -0.756 e. The molecule has 0 aliphatic carbocycles. The summed E-state index contributed by atoms with van der Waals surface area (Å²) in [4.78, 5) is 25.5. The summed E-state index contributed by atoms with van der Waals surface area (Å²) in [5.74, 6) is -0.224. The summed E-state index contributed by atoms with van der Waals surface area (Å²) in [5, 5.41) is 13.8. The highest BCUT2D eigenvalue weighted by molar-refractivity contribution is 7.45. The van der Waals surface area contributed by atoms with Crippen molar-refractivity contribution in [3.63, 3.8) is 0 Å². The number of carbonyl (C=O) groups excluding carboxylic acids is 1. The summed E-state index contributed by atoms with van der Waals surface area (Å²) in [7, 11) is 1.21. The molecule has 0 spiro atoms. The molecule has 0 fully saturated rings. The minimum absolute atomic E-state index is 0.0175. The number of nitrogens with one attached hydrogen (secondary N) is 1. The molecular weight excluding hydrogens is 972 g/mol. The molecule has 9 heteroatoms. The van der Waals surface area contributed by atoms with Gasteiger partial charge < -0.3 is 28.8 Å². The minimum atomic E-state index is -4.62. The van der Waals surface area contributed by atoms with Gasteiger partial charge >= 0.3 is 0 Å². The van der Waals surface area contributed by atoms with E-state index in [9.17, 15) is 19.4 Å². The Morgan fingerprint density at radius 2 is 0.805 bits per heavy atom. The SMILES string of the molecule is CC/C=C\C/C=C\C/C=C\C/C=C\C/C=C\C/C=C\C/C=C\C/C=C\C/C=C\C/C=C\CCCCCCCCCCCCC(=O)NC(COP(=O)([O-])OCC[N+](C)(C)C)C(O)/C=C/CC/C=C/CC/C=C/CCCCCC. The average Bonchev–Trinajstić information content (AvgIpc) is 3.39. The smallest absolute Gasteiger partial charge is 0.268 e. The van der Waals surface area contributed by atoms with E-state index in [1.54, 1.807) is 6.08 Å². The lowest BCUT2D eigenvalue weighted by molar-refractivity contribution is -0.870. The van der Waals surface area contributed by atoms with Gasteiger partial charge in [-0.2, -0.15) is 0 Å². The highest BCUT2D eigenvalue weighted by Crippen LogP contribution is 2.38. The summed E-state index contributed by atoms with van der Waals surface area (Å²) in [6, 6.07) is -0.922. The number of hydrogen-bond acceptors (Lipinski definition) is 6. The molecule has 0 saturated heterocycles. The normalized spacial score (nSPS) is 14.9. The molecule has 0 aromatic rings. The number of carbonyl (C=O) groups is 1. The number of rotatable bonds is 53. The van der Waals surface area contributed by atoms with Gasteiger partial charge in [0.15, 0.2) is 0 Å². The number of quaternary nitrogens is 1. The van der Waals surface area contributed by atoms with E-state index in [2.05, 4.69) is 165 Å². The lowest BCUT2D eigenvalue weighted by Crippen LogP contribution is -2.45. The molecule has 0 radical (unpaired) electrons. The first-order valence-electron chi connectivity index (χ1n) is 30.3. The lowest BCUT2D eigenvalue weighted by atomic mass is 10.0. The Bertz CT molecular complexity index is 1810. The molecule has 3 unspecified atom stereocenters. The predicted molar refractivity (Wildman–Crippen MR) is 334 cm³/mol. The van der Waals surface area contributed by atoms with E-state index in [1.165, 1.54) is 64.2 Å². The van der Waals surface area contributed by atoms with Crippen LogP contribution in [0.5, 0.6) is 0 Å². The zero-order valence-corrected chi connectivity index (χ0v) is 50.5. The van der Waals surface area contributed by atoms with Crippen molar-refractivity contribution < 1.29 is 32.9 Å². The van der Waals surface area contributed by atoms with Crippen LogP contribution in [0, 0.1) is 0 Å². The number of amides is 1. The number of likely N-dealkylation sites (N-methyl/N-ethyl adjacent to an activating group) is 1. The molecule has 0 heterocycles. The topological polar surface area (TPSA) is 108 Å². The van der Waals surface area contributed by atoms with Gasteiger partial charge in [0.1, 0.15) is 13.2 Å². The van der Waals surface area contributed by atoms with E-state index in [0.717, 1.165) is 128 Å². The first-order valence-corrected chi connectivity index (χ1v) is 31.8. The van der Waals surface area contributed by atoms with Crippen LogP contribution >= 0.6 is 7.82 Å². The van der Waals surface area contributed by atoms with Gasteiger partial charge in [-0.1, -0.05) is 242 Å². The lowest BCUT2D eigenvalue weighted by Gasteiger charge is -2.29. The fourth-order valence-electron chi connectivity index (χ4n) is 7.74. The molecule has 0 aromatic heterocycles. The molecule has 8 nitrogen and oxygen atoms in total. The maximum absolute atomic E-state index is 13.0. The van der Waals surface area contributed by atoms with Crippen LogP contribution in [-0.4, -0.2) is 68.5 Å². The molecule has 0 rings (SSSR count). The Labute approximate surface area is 473 Å². The molecule has 0 aliphatic rings. The number of phosphoric ester groups is 1. The molecule has 3 atom stereocenters. The van der Waals surface area contributed by atoms with E-state index < -0.39 is 26.6 Å². The van der Waals surface area contributed by atoms with Crippen LogP contribution in [-0.2, 0) is 18.4 Å². The van der Waals surface area contributed by atoms with Crippen molar-refractivity contribution >= 4 is 13.7 Å². The van der Waals surface area contributed by atoms with Gasteiger partial charge in [-0.15, -0.1) is 0 Å². The van der Waals surface area contributed by atoms with Crippen LogP contribution in [0.3, 0.4) is 0 Å². The van der Waals surface area contributed by atoms with Crippen molar-refractivity contribution in [1.29, 1.82) is 0 Å². The molecule has 2 N–H and O–H groups in total. The fourth-order valence-corrected chi connectivity index (χ4v) is 8.46. The van der Waals surface area contributed by atoms with E-state index >= 15 is 0 Å². The second-order valence-corrected chi connectivity index (χ2v) is 22.4. The standard InChI is InChI=1S/C68H113N2O6P/c1-6-8-10-12-14-16-18-20-22-23-24-25-26-27-28-29-30-31-32-33-34-35-36-37-38-39-40-41-42-43-44-45-46-47-48-50-52-54-56-58-60-62-68(72)69-66(65-76-77(73,74)75-64-63-70(3,4)5)67(71)61-59-57-55-53-51-49-21-19-17-15-13-11-9-7-2/h8,10,14,16-17,19-20,22,24-25,27-28,30-31,33-34,36-37,39-40,42-43,51,53,59,61,66-67,71H,6-7,9,11-13,15,18,21,23,26,29,32,35,38,41,44-50,52,54-58,60,62-65H2,1-5H3,(H-,69,72,73,74)/b10-8-,16-14-,19-17+,22-20-,25-24-,28-27-,31-30-,34-33-,37-36-,40-39-,43-42-,53-51+,61-59+. The zero-order chi connectivity index (χ0) is 56.3. The third-order valence-electron chi connectivity index (χ3n) is 12.4. The van der Waals surface area contributed by atoms with Gasteiger partial charge in [0.25, 0.3) is 7.82 Å². The summed E-state index contributed by atoms with van der Waals surface area (Å²) in [5.41, 5.74) is 0. The second kappa shape index (κ2) is 56.8. The number of aliphatic hydroxyl groups is 1. The van der Waals surface area contributed by atoms with Crippen LogP contribution in [0.2, 0.25) is 0 Å². The van der Waals surface area contributed by atoms with E-state index in [1.807, 2.05) is 27.2 Å². The number of aliphatic hydroxyl groups excluding tert-OH is 1. The molecular formula is C68H113N2O6P. The number of nitrogens with zero attached hydrogens (tertiary/aromatic N) is 1. The predicted octanol–water partition coefficient (Wildman–Crippen LogP) is 18.4. The zero-order valence-electron chi connectivity index (χ0n) is 49.6. The first-order chi connectivity index (χ1) is 37.5. The van der Waals surface area contributed by atoms with Crippen molar-refractivity contribution in [1.82, 2.24) is 5.32 Å².